The molecule has 336 valence electrons. The van der Waals surface area contributed by atoms with Crippen molar-refractivity contribution in [2.45, 2.75) is 0 Å². The van der Waals surface area contributed by atoms with Crippen LogP contribution < -0.4 is 4.90 Å². The van der Waals surface area contributed by atoms with E-state index in [4.69, 9.17) is 15.0 Å². The van der Waals surface area contributed by atoms with E-state index in [0.29, 0.717) is 0 Å². The van der Waals surface area contributed by atoms with Gasteiger partial charge in [0.05, 0.1) is 44.7 Å². The molecule has 0 N–H and O–H groups in total. The monoisotopic (exact) mass is 917 g/mol. The quantitative estimate of drug-likeness (QED) is 0.152. The van der Waals surface area contributed by atoms with Gasteiger partial charge in [-0.25, -0.2) is 9.97 Å². The summed E-state index contributed by atoms with van der Waals surface area (Å²) in [6.07, 6.45) is 1.87. The van der Waals surface area contributed by atoms with Crippen LogP contribution in [0.3, 0.4) is 0 Å². The van der Waals surface area contributed by atoms with E-state index in [1.165, 1.54) is 54.6 Å². The van der Waals surface area contributed by atoms with Gasteiger partial charge in [-0.2, -0.15) is 0 Å². The summed E-state index contributed by atoms with van der Waals surface area (Å²) in [6, 6.07) is 91.2. The second-order valence-electron chi connectivity index (χ2n) is 18.4. The largest absolute Gasteiger partial charge is 0.309 e. The van der Waals surface area contributed by atoms with Crippen LogP contribution in [0.4, 0.5) is 17.1 Å². The van der Waals surface area contributed by atoms with Crippen LogP contribution in [0.25, 0.3) is 116 Å². The van der Waals surface area contributed by atoms with E-state index in [9.17, 15) is 0 Å². The molecule has 0 aliphatic heterocycles. The number of para-hydroxylation sites is 3. The van der Waals surface area contributed by atoms with E-state index in [2.05, 4.69) is 216 Å². The van der Waals surface area contributed by atoms with E-state index >= 15 is 0 Å². The Morgan fingerprint density at radius 1 is 0.319 bits per heavy atom. The first-order chi connectivity index (χ1) is 35.7. The lowest BCUT2D eigenvalue weighted by atomic mass is 9.98. The molecule has 5 nitrogen and oxygen atoms in total. The summed E-state index contributed by atoms with van der Waals surface area (Å²) < 4.78 is 2.41. The number of anilines is 3. The first-order valence-corrected chi connectivity index (χ1v) is 24.4. The van der Waals surface area contributed by atoms with Gasteiger partial charge in [0.1, 0.15) is 0 Å². The average molecular weight is 918 g/mol. The fraction of sp³-hybridized carbons (Fsp3) is 0. The van der Waals surface area contributed by atoms with Crippen molar-refractivity contribution >= 4 is 82.3 Å². The predicted molar refractivity (Wildman–Crippen MR) is 301 cm³/mol. The van der Waals surface area contributed by atoms with Gasteiger partial charge in [0.15, 0.2) is 0 Å². The van der Waals surface area contributed by atoms with Crippen LogP contribution in [0.1, 0.15) is 0 Å². The number of benzene rings is 11. The molecule has 3 aromatic heterocycles. The molecule has 72 heavy (non-hydrogen) atoms. The molecule has 0 aliphatic rings. The molecule has 0 aliphatic carbocycles. The van der Waals surface area contributed by atoms with Crippen molar-refractivity contribution in [2.24, 2.45) is 0 Å². The number of nitrogens with zero attached hydrogens (tertiary/aromatic N) is 5. The summed E-state index contributed by atoms with van der Waals surface area (Å²) in [5.41, 5.74) is 17.5. The highest BCUT2D eigenvalue weighted by Gasteiger charge is 2.20. The van der Waals surface area contributed by atoms with Crippen molar-refractivity contribution < 1.29 is 0 Å². The topological polar surface area (TPSA) is 46.8 Å². The summed E-state index contributed by atoms with van der Waals surface area (Å²) in [6.45, 7) is 0. The molecule has 0 radical (unpaired) electrons. The minimum absolute atomic E-state index is 0.842. The average Bonchev–Trinajstić information content (AvgIpc) is 3.78. The van der Waals surface area contributed by atoms with Crippen LogP contribution in [-0.4, -0.2) is 19.5 Å². The van der Waals surface area contributed by atoms with Gasteiger partial charge in [-0.15, -0.1) is 0 Å². The zero-order valence-electron chi connectivity index (χ0n) is 39.1. The molecule has 0 bridgehead atoms. The van der Waals surface area contributed by atoms with Gasteiger partial charge in [-0.05, 0) is 141 Å². The van der Waals surface area contributed by atoms with Crippen LogP contribution in [0.2, 0.25) is 0 Å². The molecule has 5 heteroatoms. The Balaban J connectivity index is 0.904. The fourth-order valence-corrected chi connectivity index (χ4v) is 10.6. The molecule has 0 saturated heterocycles. The van der Waals surface area contributed by atoms with Crippen molar-refractivity contribution in [1.29, 1.82) is 0 Å². The maximum absolute atomic E-state index is 5.20. The van der Waals surface area contributed by atoms with Crippen LogP contribution in [0.5, 0.6) is 0 Å². The minimum Gasteiger partial charge on any atom is -0.309 e. The molecule has 14 rings (SSSR count). The van der Waals surface area contributed by atoms with E-state index < -0.39 is 0 Å². The summed E-state index contributed by atoms with van der Waals surface area (Å²) in [4.78, 5) is 17.6. The lowest BCUT2D eigenvalue weighted by Crippen LogP contribution is -2.11. The summed E-state index contributed by atoms with van der Waals surface area (Å²) >= 11 is 0. The molecule has 0 amide bonds. The van der Waals surface area contributed by atoms with Crippen LogP contribution in [0.15, 0.2) is 261 Å². The van der Waals surface area contributed by atoms with Gasteiger partial charge in [-0.1, -0.05) is 158 Å². The van der Waals surface area contributed by atoms with Gasteiger partial charge < -0.3 is 9.47 Å². The van der Waals surface area contributed by atoms with Gasteiger partial charge in [0, 0.05) is 50.5 Å². The zero-order chi connectivity index (χ0) is 47.5. The minimum atomic E-state index is 0.842. The summed E-state index contributed by atoms with van der Waals surface area (Å²) in [7, 11) is 0. The predicted octanol–water partition coefficient (Wildman–Crippen LogP) is 17.7. The Kier molecular flexibility index (Phi) is 9.78. The first kappa shape index (κ1) is 41.3. The smallest absolute Gasteiger partial charge is 0.0973 e. The summed E-state index contributed by atoms with van der Waals surface area (Å²) in [5, 5.41) is 8.43. The number of hydrogen-bond donors (Lipinski definition) is 0. The number of pyridine rings is 1. The lowest BCUT2D eigenvalue weighted by Gasteiger charge is -2.27. The Morgan fingerprint density at radius 2 is 0.778 bits per heavy atom. The Morgan fingerprint density at radius 3 is 1.38 bits per heavy atom. The van der Waals surface area contributed by atoms with Crippen LogP contribution in [0, 0.1) is 0 Å². The molecular weight excluding hydrogens is 875 g/mol. The molecule has 0 atom stereocenters. The van der Waals surface area contributed by atoms with Crippen LogP contribution >= 0.6 is 0 Å². The van der Waals surface area contributed by atoms with Crippen molar-refractivity contribution in [3.05, 3.63) is 261 Å². The number of aromatic nitrogens is 4. The van der Waals surface area contributed by atoms with Gasteiger partial charge in [-0.3, -0.25) is 4.98 Å². The molecule has 0 saturated carbocycles. The molecule has 3 heterocycles. The van der Waals surface area contributed by atoms with Crippen molar-refractivity contribution in [2.75, 3.05) is 4.90 Å². The van der Waals surface area contributed by atoms with E-state index in [-0.39, 0.29) is 0 Å². The second kappa shape index (κ2) is 17.1. The Labute approximate surface area is 416 Å². The fourth-order valence-electron chi connectivity index (χ4n) is 10.6. The van der Waals surface area contributed by atoms with Crippen molar-refractivity contribution in [3.63, 3.8) is 0 Å². The van der Waals surface area contributed by atoms with E-state index in [1.807, 2.05) is 54.7 Å². The van der Waals surface area contributed by atoms with Crippen molar-refractivity contribution in [3.8, 4) is 50.5 Å². The highest BCUT2D eigenvalue weighted by molar-refractivity contribution is 6.12. The lowest BCUT2D eigenvalue weighted by molar-refractivity contribution is 1.17. The molecule has 0 unspecified atom stereocenters. The Hall–Kier alpha value is -9.71. The first-order valence-electron chi connectivity index (χ1n) is 24.4. The standard InChI is InChI=1S/C67H43N5/c1-2-14-47(15-3-1)66-67(70-61-21-9-8-20-60(61)69-66)48-27-31-55(32-28-48)71(64-22-10-18-46-19-11-39-68-65(46)64)56-33-35-57(36-34-56)72-62-37-29-53(51-25-23-44-12-4-6-16-49(44)40-51)42-58(62)59-43-54(30-38-63(59)72)52-26-24-45-13-5-7-17-50(45)41-52/h1-43H. The highest BCUT2D eigenvalue weighted by Crippen LogP contribution is 2.42. The van der Waals surface area contributed by atoms with Gasteiger partial charge >= 0.3 is 0 Å². The van der Waals surface area contributed by atoms with Gasteiger partial charge in [0.2, 0.25) is 0 Å². The SMILES string of the molecule is c1ccc(-c2nc3ccccc3nc2-c2ccc(N(c3ccc(-n4c5ccc(-c6ccc7ccccc7c6)cc5c5cc(-c6ccc7ccccc7c6)ccc54)cc3)c3cccc4cccnc34)cc2)cc1. The zero-order valence-corrected chi connectivity index (χ0v) is 39.1. The molecule has 0 fully saturated rings. The number of rotatable bonds is 8. The molecule has 14 aromatic rings. The van der Waals surface area contributed by atoms with Crippen LogP contribution in [-0.2, 0) is 0 Å². The third-order valence-corrected chi connectivity index (χ3v) is 14.2. The highest BCUT2D eigenvalue weighted by atomic mass is 15.1. The normalized spacial score (nSPS) is 11.6. The van der Waals surface area contributed by atoms with Crippen molar-refractivity contribution in [1.82, 2.24) is 19.5 Å². The molecule has 11 aromatic carbocycles. The van der Waals surface area contributed by atoms with Gasteiger partial charge in [0.25, 0.3) is 0 Å². The third kappa shape index (κ3) is 7.14. The maximum atomic E-state index is 5.20. The van der Waals surface area contributed by atoms with E-state index in [0.717, 1.165) is 78.2 Å². The number of fused-ring (bicyclic) bond motifs is 7. The third-order valence-electron chi connectivity index (χ3n) is 14.2. The summed E-state index contributed by atoms with van der Waals surface area (Å²) in [5.74, 6) is 0. The maximum Gasteiger partial charge on any atom is 0.0973 e. The molecular formula is C67H43N5. The Bertz CT molecular complexity index is 4240. The second-order valence-corrected chi connectivity index (χ2v) is 18.4. The molecule has 0 spiro atoms. The van der Waals surface area contributed by atoms with E-state index in [1.54, 1.807) is 0 Å². The number of hydrogen-bond acceptors (Lipinski definition) is 4.